The number of nitro benzene ring substituents is 1. The van der Waals surface area contributed by atoms with E-state index in [-0.39, 0.29) is 11.3 Å². The van der Waals surface area contributed by atoms with Gasteiger partial charge in [-0.05, 0) is 46.6 Å². The van der Waals surface area contributed by atoms with Crippen LogP contribution in [0.15, 0.2) is 34.1 Å². The van der Waals surface area contributed by atoms with Gasteiger partial charge >= 0.3 is 0 Å². The molecule has 0 fully saturated rings. The molecule has 0 aliphatic rings. The monoisotopic (exact) mass is 351 g/mol. The Morgan fingerprint density at radius 1 is 1.40 bits per heavy atom. The van der Waals surface area contributed by atoms with E-state index in [0.717, 1.165) is 10.2 Å². The topological polar surface area (TPSA) is 79.0 Å². The molecule has 0 aliphatic carbocycles. The fraction of sp³-hybridized carbons (Fsp3) is 0.154. The van der Waals surface area contributed by atoms with Gasteiger partial charge in [-0.2, -0.15) is 5.26 Å². The molecule has 0 spiro atoms. The number of rotatable bonds is 5. The lowest BCUT2D eigenvalue weighted by Crippen LogP contribution is -2.04. The zero-order chi connectivity index (χ0) is 14.5. The number of nitrogens with one attached hydrogen (secondary N) is 1. The van der Waals surface area contributed by atoms with E-state index in [1.807, 2.05) is 18.2 Å². The SMILES string of the molecule is N#Cc1cc(NCCc2ccc(Br)s2)ccc1[N+](=O)[O-]. The number of thiophene rings is 1. The molecule has 20 heavy (non-hydrogen) atoms. The lowest BCUT2D eigenvalue weighted by atomic mass is 10.1. The molecule has 0 amide bonds. The van der Waals surface area contributed by atoms with E-state index < -0.39 is 4.92 Å². The average molecular weight is 352 g/mol. The van der Waals surface area contributed by atoms with Crippen LogP contribution in [-0.2, 0) is 6.42 Å². The van der Waals surface area contributed by atoms with Crippen molar-refractivity contribution < 1.29 is 4.92 Å². The van der Waals surface area contributed by atoms with Crippen LogP contribution in [0.4, 0.5) is 11.4 Å². The Hall–Kier alpha value is -1.91. The Labute approximate surface area is 128 Å². The number of hydrogen-bond acceptors (Lipinski definition) is 5. The molecule has 0 radical (unpaired) electrons. The lowest BCUT2D eigenvalue weighted by Gasteiger charge is -2.05. The minimum absolute atomic E-state index is 0.0684. The zero-order valence-corrected chi connectivity index (χ0v) is 12.7. The van der Waals surface area contributed by atoms with Crippen LogP contribution < -0.4 is 5.32 Å². The van der Waals surface area contributed by atoms with Crippen LogP contribution in [0, 0.1) is 21.4 Å². The number of nitrogens with zero attached hydrogens (tertiary/aromatic N) is 2. The van der Waals surface area contributed by atoms with Crippen LogP contribution in [-0.4, -0.2) is 11.5 Å². The summed E-state index contributed by atoms with van der Waals surface area (Å²) in [5.41, 5.74) is 0.613. The molecule has 5 nitrogen and oxygen atoms in total. The van der Waals surface area contributed by atoms with Gasteiger partial charge in [-0.25, -0.2) is 0 Å². The number of hydrogen-bond donors (Lipinski definition) is 1. The maximum absolute atomic E-state index is 10.7. The number of nitriles is 1. The Morgan fingerprint density at radius 2 is 2.20 bits per heavy atom. The van der Waals surface area contributed by atoms with Gasteiger partial charge in [0, 0.05) is 23.2 Å². The highest BCUT2D eigenvalue weighted by molar-refractivity contribution is 9.11. The Kier molecular flexibility index (Phi) is 4.71. The van der Waals surface area contributed by atoms with Crippen LogP contribution in [0.2, 0.25) is 0 Å². The summed E-state index contributed by atoms with van der Waals surface area (Å²) in [5.74, 6) is 0. The van der Waals surface area contributed by atoms with Crippen LogP contribution in [0.25, 0.3) is 0 Å². The molecule has 0 bridgehead atoms. The first-order valence-electron chi connectivity index (χ1n) is 5.77. The lowest BCUT2D eigenvalue weighted by molar-refractivity contribution is -0.385. The molecule has 0 saturated heterocycles. The number of halogens is 1. The van der Waals surface area contributed by atoms with Crippen molar-refractivity contribution in [2.75, 3.05) is 11.9 Å². The predicted octanol–water partition coefficient (Wildman–Crippen LogP) is 3.95. The third kappa shape index (κ3) is 3.56. The maximum atomic E-state index is 10.7. The highest BCUT2D eigenvalue weighted by atomic mass is 79.9. The molecule has 2 aromatic rings. The van der Waals surface area contributed by atoms with Gasteiger partial charge < -0.3 is 5.32 Å². The number of anilines is 1. The molecule has 0 aliphatic heterocycles. The molecule has 0 atom stereocenters. The second kappa shape index (κ2) is 6.50. The van der Waals surface area contributed by atoms with Crippen molar-refractivity contribution in [3.63, 3.8) is 0 Å². The second-order valence-corrected chi connectivity index (χ2v) is 6.53. The van der Waals surface area contributed by atoms with E-state index >= 15 is 0 Å². The summed E-state index contributed by atoms with van der Waals surface area (Å²) in [7, 11) is 0. The van der Waals surface area contributed by atoms with Gasteiger partial charge in [-0.15, -0.1) is 11.3 Å². The summed E-state index contributed by atoms with van der Waals surface area (Å²) >= 11 is 5.08. The van der Waals surface area contributed by atoms with Crippen molar-refractivity contribution in [1.29, 1.82) is 5.26 Å². The molecular weight excluding hydrogens is 342 g/mol. The quantitative estimate of drug-likeness (QED) is 0.653. The van der Waals surface area contributed by atoms with Gasteiger partial charge in [0.2, 0.25) is 0 Å². The molecule has 0 saturated carbocycles. The molecule has 1 heterocycles. The van der Waals surface area contributed by atoms with Gasteiger partial charge in [0.25, 0.3) is 5.69 Å². The van der Waals surface area contributed by atoms with Crippen LogP contribution in [0.1, 0.15) is 10.4 Å². The largest absolute Gasteiger partial charge is 0.385 e. The molecule has 102 valence electrons. The molecule has 2 rings (SSSR count). The summed E-state index contributed by atoms with van der Waals surface area (Å²) in [4.78, 5) is 11.4. The van der Waals surface area contributed by atoms with E-state index in [2.05, 4.69) is 21.2 Å². The van der Waals surface area contributed by atoms with E-state index in [9.17, 15) is 10.1 Å². The van der Waals surface area contributed by atoms with Crippen LogP contribution in [0.5, 0.6) is 0 Å². The molecule has 1 aromatic heterocycles. The van der Waals surface area contributed by atoms with Crippen LogP contribution in [0.3, 0.4) is 0 Å². The fourth-order valence-corrected chi connectivity index (χ4v) is 3.19. The summed E-state index contributed by atoms with van der Waals surface area (Å²) in [6, 6.07) is 10.4. The minimum atomic E-state index is -0.550. The molecule has 0 unspecified atom stereocenters. The van der Waals surface area contributed by atoms with Crippen molar-refractivity contribution >= 4 is 38.6 Å². The van der Waals surface area contributed by atoms with Crippen molar-refractivity contribution in [2.24, 2.45) is 0 Å². The Bertz CT molecular complexity index is 678. The van der Waals surface area contributed by atoms with Gasteiger partial charge in [0.05, 0.1) is 8.71 Å². The van der Waals surface area contributed by atoms with Gasteiger partial charge in [-0.1, -0.05) is 0 Å². The van der Waals surface area contributed by atoms with E-state index in [4.69, 9.17) is 5.26 Å². The fourth-order valence-electron chi connectivity index (χ4n) is 1.71. The zero-order valence-electron chi connectivity index (χ0n) is 10.3. The second-order valence-electron chi connectivity index (χ2n) is 3.98. The molecule has 1 N–H and O–H groups in total. The number of benzene rings is 1. The minimum Gasteiger partial charge on any atom is -0.385 e. The molecule has 7 heteroatoms. The van der Waals surface area contributed by atoms with Crippen molar-refractivity contribution in [2.45, 2.75) is 6.42 Å². The molecular formula is C13H10BrN3O2S. The molecule has 1 aromatic carbocycles. The standard InChI is InChI=1S/C13H10BrN3O2S/c14-13-4-2-11(20-13)5-6-16-10-1-3-12(17(18)19)9(7-10)8-15/h1-4,7,16H,5-6H2. The summed E-state index contributed by atoms with van der Waals surface area (Å²) in [6.07, 6.45) is 0.856. The third-order valence-electron chi connectivity index (χ3n) is 2.64. The van der Waals surface area contributed by atoms with E-state index in [1.54, 1.807) is 17.4 Å². The maximum Gasteiger partial charge on any atom is 0.287 e. The van der Waals surface area contributed by atoms with Gasteiger partial charge in [0.15, 0.2) is 0 Å². The van der Waals surface area contributed by atoms with Crippen molar-refractivity contribution in [3.8, 4) is 6.07 Å². The van der Waals surface area contributed by atoms with Crippen LogP contribution >= 0.6 is 27.3 Å². The Morgan fingerprint density at radius 3 is 2.80 bits per heavy atom. The van der Waals surface area contributed by atoms with Crippen molar-refractivity contribution in [1.82, 2.24) is 0 Å². The smallest absolute Gasteiger partial charge is 0.287 e. The number of nitro groups is 1. The average Bonchev–Trinajstić information content (AvgIpc) is 2.84. The summed E-state index contributed by atoms with van der Waals surface area (Å²) in [5, 5.41) is 22.8. The van der Waals surface area contributed by atoms with E-state index in [1.165, 1.54) is 17.0 Å². The Balaban J connectivity index is 2.00. The summed E-state index contributed by atoms with van der Waals surface area (Å²) < 4.78 is 1.09. The first-order chi connectivity index (χ1) is 9.60. The first-order valence-corrected chi connectivity index (χ1v) is 7.37. The predicted molar refractivity (Wildman–Crippen MR) is 82.0 cm³/mol. The summed E-state index contributed by atoms with van der Waals surface area (Å²) in [6.45, 7) is 0.704. The normalized spacial score (nSPS) is 10.0. The van der Waals surface area contributed by atoms with Crippen molar-refractivity contribution in [3.05, 3.63) is 54.7 Å². The van der Waals surface area contributed by atoms with Gasteiger partial charge in [0.1, 0.15) is 11.6 Å². The van der Waals surface area contributed by atoms with Gasteiger partial charge in [-0.3, -0.25) is 10.1 Å². The van der Waals surface area contributed by atoms with E-state index in [0.29, 0.717) is 12.2 Å². The highest BCUT2D eigenvalue weighted by Gasteiger charge is 2.13. The first kappa shape index (κ1) is 14.5. The third-order valence-corrected chi connectivity index (χ3v) is 4.33. The highest BCUT2D eigenvalue weighted by Crippen LogP contribution is 2.24.